The third kappa shape index (κ3) is 2.20. The van der Waals surface area contributed by atoms with Crippen LogP contribution in [-0.2, 0) is 9.53 Å². The molecule has 1 amide bonds. The van der Waals surface area contributed by atoms with E-state index in [9.17, 15) is 4.79 Å². The number of rotatable bonds is 4. The lowest BCUT2D eigenvalue weighted by Crippen LogP contribution is -2.39. The smallest absolute Gasteiger partial charge is 0.228 e. The van der Waals surface area contributed by atoms with Gasteiger partial charge in [0.25, 0.3) is 0 Å². The van der Waals surface area contributed by atoms with Gasteiger partial charge in [0.15, 0.2) is 0 Å². The molecule has 1 heterocycles. The first kappa shape index (κ1) is 10.2. The van der Waals surface area contributed by atoms with Crippen LogP contribution < -0.4 is 0 Å². The van der Waals surface area contributed by atoms with Crippen molar-refractivity contribution in [3.8, 4) is 0 Å². The van der Waals surface area contributed by atoms with Crippen LogP contribution in [-0.4, -0.2) is 42.5 Å². The molecule has 1 aliphatic carbocycles. The SMILES string of the molecule is O=C(C1CCOC1)N(CCCl)C1CC1. The van der Waals surface area contributed by atoms with Crippen LogP contribution in [0.2, 0.25) is 0 Å². The zero-order chi connectivity index (χ0) is 9.97. The zero-order valence-corrected chi connectivity index (χ0v) is 9.00. The molecule has 1 unspecified atom stereocenters. The Labute approximate surface area is 89.4 Å². The molecule has 80 valence electrons. The molecule has 14 heavy (non-hydrogen) atoms. The highest BCUT2D eigenvalue weighted by atomic mass is 35.5. The molecule has 0 spiro atoms. The van der Waals surface area contributed by atoms with Crippen molar-refractivity contribution in [2.75, 3.05) is 25.6 Å². The lowest BCUT2D eigenvalue weighted by Gasteiger charge is -2.23. The summed E-state index contributed by atoms with van der Waals surface area (Å²) in [5, 5.41) is 0. The molecule has 4 heteroatoms. The lowest BCUT2D eigenvalue weighted by atomic mass is 10.1. The molecule has 1 saturated carbocycles. The quantitative estimate of drug-likeness (QED) is 0.664. The topological polar surface area (TPSA) is 29.5 Å². The number of hydrogen-bond acceptors (Lipinski definition) is 2. The maximum atomic E-state index is 12.0. The molecule has 2 aliphatic rings. The van der Waals surface area contributed by atoms with Crippen molar-refractivity contribution in [1.82, 2.24) is 4.90 Å². The molecule has 0 N–H and O–H groups in total. The molecule has 1 saturated heterocycles. The molecule has 2 fully saturated rings. The summed E-state index contributed by atoms with van der Waals surface area (Å²) < 4.78 is 5.23. The summed E-state index contributed by atoms with van der Waals surface area (Å²) >= 11 is 5.69. The monoisotopic (exact) mass is 217 g/mol. The summed E-state index contributed by atoms with van der Waals surface area (Å²) in [6.07, 6.45) is 3.18. The Morgan fingerprint density at radius 1 is 1.43 bits per heavy atom. The molecule has 0 bridgehead atoms. The van der Waals surface area contributed by atoms with Crippen LogP contribution in [0.25, 0.3) is 0 Å². The van der Waals surface area contributed by atoms with Gasteiger partial charge in [-0.15, -0.1) is 11.6 Å². The highest BCUT2D eigenvalue weighted by Crippen LogP contribution is 2.29. The number of alkyl halides is 1. The Morgan fingerprint density at radius 3 is 2.71 bits per heavy atom. The molecular weight excluding hydrogens is 202 g/mol. The third-order valence-corrected chi connectivity index (χ3v) is 3.04. The van der Waals surface area contributed by atoms with Gasteiger partial charge >= 0.3 is 0 Å². The summed E-state index contributed by atoms with van der Waals surface area (Å²) in [6.45, 7) is 2.03. The van der Waals surface area contributed by atoms with Crippen molar-refractivity contribution in [3.63, 3.8) is 0 Å². The van der Waals surface area contributed by atoms with Crippen LogP contribution in [0.4, 0.5) is 0 Å². The first-order valence-electron chi connectivity index (χ1n) is 5.27. The molecule has 2 rings (SSSR count). The van der Waals surface area contributed by atoms with Gasteiger partial charge in [-0.3, -0.25) is 4.79 Å². The highest BCUT2D eigenvalue weighted by Gasteiger charge is 2.36. The maximum absolute atomic E-state index is 12.0. The number of hydrogen-bond donors (Lipinski definition) is 0. The predicted octanol–water partition coefficient (Wildman–Crippen LogP) is 1.25. The van der Waals surface area contributed by atoms with Crippen LogP contribution in [0.3, 0.4) is 0 Å². The van der Waals surface area contributed by atoms with E-state index >= 15 is 0 Å². The predicted molar refractivity (Wildman–Crippen MR) is 54.4 cm³/mol. The fraction of sp³-hybridized carbons (Fsp3) is 0.900. The minimum absolute atomic E-state index is 0.0961. The van der Waals surface area contributed by atoms with Gasteiger partial charge in [-0.2, -0.15) is 0 Å². The lowest BCUT2D eigenvalue weighted by molar-refractivity contribution is -0.135. The van der Waals surface area contributed by atoms with Crippen molar-refractivity contribution < 1.29 is 9.53 Å². The Kier molecular flexibility index (Phi) is 3.29. The van der Waals surface area contributed by atoms with Crippen LogP contribution in [0.5, 0.6) is 0 Å². The molecule has 3 nitrogen and oxygen atoms in total. The van der Waals surface area contributed by atoms with Gasteiger partial charge in [0, 0.05) is 25.1 Å². The maximum Gasteiger partial charge on any atom is 0.228 e. The van der Waals surface area contributed by atoms with Crippen molar-refractivity contribution in [2.45, 2.75) is 25.3 Å². The highest BCUT2D eigenvalue weighted by molar-refractivity contribution is 6.18. The van der Waals surface area contributed by atoms with E-state index < -0.39 is 0 Å². The van der Waals surface area contributed by atoms with Gasteiger partial charge in [0.2, 0.25) is 5.91 Å². The second kappa shape index (κ2) is 4.49. The first-order valence-corrected chi connectivity index (χ1v) is 5.80. The van der Waals surface area contributed by atoms with Gasteiger partial charge in [0.1, 0.15) is 0 Å². The first-order chi connectivity index (χ1) is 6.83. The normalized spacial score (nSPS) is 26.5. The van der Waals surface area contributed by atoms with Crippen molar-refractivity contribution >= 4 is 17.5 Å². The van der Waals surface area contributed by atoms with E-state index in [4.69, 9.17) is 16.3 Å². The standard InChI is InChI=1S/C10H16ClNO2/c11-4-5-12(9-1-2-9)10(13)8-3-6-14-7-8/h8-9H,1-7H2. The van der Waals surface area contributed by atoms with E-state index in [1.165, 1.54) is 0 Å². The van der Waals surface area contributed by atoms with Gasteiger partial charge < -0.3 is 9.64 Å². The number of halogens is 1. The Hall–Kier alpha value is -0.280. The van der Waals surface area contributed by atoms with Gasteiger partial charge in [-0.25, -0.2) is 0 Å². The van der Waals surface area contributed by atoms with E-state index in [0.717, 1.165) is 25.9 Å². The largest absolute Gasteiger partial charge is 0.381 e. The number of nitrogens with zero attached hydrogens (tertiary/aromatic N) is 1. The molecule has 0 aromatic carbocycles. The fourth-order valence-electron chi connectivity index (χ4n) is 1.91. The molecule has 0 radical (unpaired) electrons. The van der Waals surface area contributed by atoms with Crippen molar-refractivity contribution in [2.24, 2.45) is 5.92 Å². The summed E-state index contributed by atoms with van der Waals surface area (Å²) in [6, 6.07) is 0.474. The van der Waals surface area contributed by atoms with E-state index in [2.05, 4.69) is 0 Å². The summed E-state index contributed by atoms with van der Waals surface area (Å²) in [4.78, 5) is 14.0. The van der Waals surface area contributed by atoms with E-state index in [1.54, 1.807) is 0 Å². The van der Waals surface area contributed by atoms with Crippen LogP contribution >= 0.6 is 11.6 Å². The molecule has 0 aromatic heterocycles. The number of carbonyl (C=O) groups excluding carboxylic acids is 1. The number of ether oxygens (including phenoxy) is 1. The van der Waals surface area contributed by atoms with Crippen LogP contribution in [0.1, 0.15) is 19.3 Å². The van der Waals surface area contributed by atoms with E-state index in [0.29, 0.717) is 25.1 Å². The number of amides is 1. The summed E-state index contributed by atoms with van der Waals surface area (Å²) in [5.74, 6) is 0.889. The number of carbonyl (C=O) groups is 1. The van der Waals surface area contributed by atoms with E-state index in [1.807, 2.05) is 4.90 Å². The van der Waals surface area contributed by atoms with Crippen molar-refractivity contribution in [3.05, 3.63) is 0 Å². The van der Waals surface area contributed by atoms with Crippen LogP contribution in [0, 0.1) is 5.92 Å². The molecule has 0 aromatic rings. The Balaban J connectivity index is 1.91. The summed E-state index contributed by atoms with van der Waals surface area (Å²) in [7, 11) is 0. The minimum Gasteiger partial charge on any atom is -0.381 e. The molecule has 1 atom stereocenters. The average Bonchev–Trinajstić information content (AvgIpc) is 2.88. The van der Waals surface area contributed by atoms with Crippen molar-refractivity contribution in [1.29, 1.82) is 0 Å². The summed E-state index contributed by atoms with van der Waals surface area (Å²) in [5.41, 5.74) is 0. The Bertz CT molecular complexity index is 212. The third-order valence-electron chi connectivity index (χ3n) is 2.88. The molecular formula is C10H16ClNO2. The Morgan fingerprint density at radius 2 is 2.21 bits per heavy atom. The minimum atomic E-state index is 0.0961. The van der Waals surface area contributed by atoms with Gasteiger partial charge in [-0.05, 0) is 19.3 Å². The zero-order valence-electron chi connectivity index (χ0n) is 8.25. The second-order valence-electron chi connectivity index (χ2n) is 4.01. The van der Waals surface area contributed by atoms with E-state index in [-0.39, 0.29) is 11.8 Å². The fourth-order valence-corrected chi connectivity index (χ4v) is 2.10. The van der Waals surface area contributed by atoms with Crippen LogP contribution in [0.15, 0.2) is 0 Å². The van der Waals surface area contributed by atoms with Gasteiger partial charge in [0.05, 0.1) is 12.5 Å². The average molecular weight is 218 g/mol. The van der Waals surface area contributed by atoms with Gasteiger partial charge in [-0.1, -0.05) is 0 Å². The molecule has 1 aliphatic heterocycles. The second-order valence-corrected chi connectivity index (χ2v) is 4.39.